The van der Waals surface area contributed by atoms with Crippen LogP contribution in [0.25, 0.3) is 21.2 Å². The Kier molecular flexibility index (Phi) is 2.80. The lowest BCUT2D eigenvalue weighted by molar-refractivity contribution is 0.449. The van der Waals surface area contributed by atoms with Crippen LogP contribution >= 0.6 is 0 Å². The highest BCUT2D eigenvalue weighted by molar-refractivity contribution is 5.93. The van der Waals surface area contributed by atoms with Gasteiger partial charge in [0.1, 0.15) is 0 Å². The van der Waals surface area contributed by atoms with E-state index in [2.05, 4.69) is 10.0 Å². The topological polar surface area (TPSA) is 48.8 Å². The molecule has 0 spiro atoms. The number of halogens is 5. The van der Waals surface area contributed by atoms with E-state index < -0.39 is 45.5 Å². The Balaban J connectivity index is 3.11. The van der Waals surface area contributed by atoms with E-state index in [1.54, 1.807) is 0 Å². The van der Waals surface area contributed by atoms with Gasteiger partial charge in [-0.2, -0.15) is 0 Å². The molecule has 92 valence electrons. The third-order valence-electron chi connectivity index (χ3n) is 2.31. The average molecular weight is 259 g/mol. The van der Waals surface area contributed by atoms with E-state index in [1.165, 1.54) is 0 Å². The van der Waals surface area contributed by atoms with E-state index in [-0.39, 0.29) is 0 Å². The molecule has 0 aromatic heterocycles. The second kappa shape index (κ2) is 4.15. The van der Waals surface area contributed by atoms with Crippen molar-refractivity contribution >= 4 is 16.5 Å². The predicted octanol–water partition coefficient (Wildman–Crippen LogP) is 4.48. The van der Waals surface area contributed by atoms with Crippen LogP contribution in [0, 0.1) is 29.1 Å². The Labute approximate surface area is 96.1 Å². The third-order valence-corrected chi connectivity index (χ3v) is 2.31. The fourth-order valence-electron chi connectivity index (χ4n) is 1.53. The quantitative estimate of drug-likeness (QED) is 0.238. The Hall–Kier alpha value is -2.34. The lowest BCUT2D eigenvalue weighted by atomic mass is 10.1. The van der Waals surface area contributed by atoms with Crippen LogP contribution in [-0.2, 0) is 0 Å². The summed E-state index contributed by atoms with van der Waals surface area (Å²) >= 11 is 0. The fraction of sp³-hybridized carbons (Fsp3) is 0. The fourth-order valence-corrected chi connectivity index (χ4v) is 1.53. The molecule has 2 aromatic rings. The van der Waals surface area contributed by atoms with Crippen molar-refractivity contribution in [2.75, 3.05) is 0 Å². The summed E-state index contributed by atoms with van der Waals surface area (Å²) in [6, 6.07) is 1.38. The van der Waals surface area contributed by atoms with E-state index in [0.717, 1.165) is 6.07 Å². The van der Waals surface area contributed by atoms with E-state index in [1.807, 2.05) is 0 Å². The molecule has 0 atom stereocenters. The lowest BCUT2D eigenvalue weighted by Gasteiger charge is -2.07. The summed E-state index contributed by atoms with van der Waals surface area (Å²) in [6.07, 6.45) is 0. The summed E-state index contributed by atoms with van der Waals surface area (Å²) in [4.78, 5) is 2.22. The first kappa shape index (κ1) is 12.1. The zero-order valence-corrected chi connectivity index (χ0v) is 8.39. The second-order valence-corrected chi connectivity index (χ2v) is 3.26. The van der Waals surface area contributed by atoms with Crippen molar-refractivity contribution in [2.24, 2.45) is 5.11 Å². The minimum absolute atomic E-state index is 0.553. The standard InChI is InChI=1S/C10H2F5N3/c11-4-2-1-3-5(6(4)12)7(13)8(14)9(15)10(3)17-18-16/h1-2H. The molecule has 0 bridgehead atoms. The molecule has 0 saturated carbocycles. The van der Waals surface area contributed by atoms with Crippen LogP contribution in [0.15, 0.2) is 17.2 Å². The Morgan fingerprint density at radius 2 is 1.56 bits per heavy atom. The normalized spacial score (nSPS) is 10.5. The summed E-state index contributed by atoms with van der Waals surface area (Å²) in [5, 5.41) is 1.16. The average Bonchev–Trinajstić information content (AvgIpc) is 2.35. The zero-order valence-electron chi connectivity index (χ0n) is 8.39. The number of nitrogens with zero attached hydrogens (tertiary/aromatic N) is 3. The molecule has 3 nitrogen and oxygen atoms in total. The summed E-state index contributed by atoms with van der Waals surface area (Å²) in [7, 11) is 0. The minimum Gasteiger partial charge on any atom is -0.204 e. The summed E-state index contributed by atoms with van der Waals surface area (Å²) < 4.78 is 66.1. The van der Waals surface area contributed by atoms with E-state index in [0.29, 0.717) is 6.07 Å². The number of hydrogen-bond acceptors (Lipinski definition) is 1. The van der Waals surface area contributed by atoms with Crippen molar-refractivity contribution in [3.63, 3.8) is 0 Å². The Morgan fingerprint density at radius 1 is 0.889 bits per heavy atom. The molecule has 0 amide bonds. The van der Waals surface area contributed by atoms with Crippen LogP contribution < -0.4 is 0 Å². The van der Waals surface area contributed by atoms with Gasteiger partial charge in [0.2, 0.25) is 0 Å². The van der Waals surface area contributed by atoms with Crippen LogP contribution in [-0.4, -0.2) is 0 Å². The lowest BCUT2D eigenvalue weighted by Crippen LogP contribution is -1.97. The molecule has 0 aliphatic carbocycles. The molecule has 0 unspecified atom stereocenters. The van der Waals surface area contributed by atoms with E-state index in [4.69, 9.17) is 5.53 Å². The van der Waals surface area contributed by atoms with Gasteiger partial charge >= 0.3 is 0 Å². The molecule has 18 heavy (non-hydrogen) atoms. The smallest absolute Gasteiger partial charge is 0.195 e. The van der Waals surface area contributed by atoms with Crippen molar-refractivity contribution in [3.05, 3.63) is 51.7 Å². The van der Waals surface area contributed by atoms with Crippen molar-refractivity contribution in [1.29, 1.82) is 0 Å². The van der Waals surface area contributed by atoms with Gasteiger partial charge in [0, 0.05) is 10.3 Å². The first-order valence-corrected chi connectivity index (χ1v) is 4.48. The first-order chi connectivity index (χ1) is 8.49. The SMILES string of the molecule is [N-]=[N+]=Nc1c(F)c(F)c(F)c2c(F)c(F)ccc12. The number of hydrogen-bond donors (Lipinski definition) is 0. The van der Waals surface area contributed by atoms with Gasteiger partial charge in [-0.15, -0.1) is 0 Å². The van der Waals surface area contributed by atoms with Gasteiger partial charge in [-0.1, -0.05) is 11.2 Å². The van der Waals surface area contributed by atoms with Crippen molar-refractivity contribution in [2.45, 2.75) is 0 Å². The second-order valence-electron chi connectivity index (χ2n) is 3.26. The summed E-state index contributed by atoms with van der Waals surface area (Å²) in [5.41, 5.74) is 7.27. The molecule has 0 saturated heterocycles. The van der Waals surface area contributed by atoms with E-state index >= 15 is 0 Å². The molecule has 0 fully saturated rings. The minimum atomic E-state index is -2.03. The maximum absolute atomic E-state index is 13.4. The number of rotatable bonds is 1. The molecular weight excluding hydrogens is 257 g/mol. The molecule has 0 aliphatic rings. The molecule has 8 heteroatoms. The van der Waals surface area contributed by atoms with Gasteiger partial charge in [0.15, 0.2) is 29.1 Å². The first-order valence-electron chi connectivity index (χ1n) is 4.48. The number of azide groups is 1. The third kappa shape index (κ3) is 1.54. The van der Waals surface area contributed by atoms with Gasteiger partial charge < -0.3 is 0 Å². The van der Waals surface area contributed by atoms with Gasteiger partial charge in [-0.25, -0.2) is 22.0 Å². The predicted molar refractivity (Wildman–Crippen MR) is 52.5 cm³/mol. The molecule has 0 radical (unpaired) electrons. The van der Waals surface area contributed by atoms with Crippen LogP contribution in [0.3, 0.4) is 0 Å². The van der Waals surface area contributed by atoms with Crippen LogP contribution in [0.4, 0.5) is 27.6 Å². The Bertz CT molecular complexity index is 707. The summed E-state index contributed by atoms with van der Waals surface area (Å²) in [5.74, 6) is -8.79. The molecule has 0 aliphatic heterocycles. The van der Waals surface area contributed by atoms with Crippen LogP contribution in [0.5, 0.6) is 0 Å². The highest BCUT2D eigenvalue weighted by atomic mass is 19.2. The van der Waals surface area contributed by atoms with Crippen molar-refractivity contribution in [1.82, 2.24) is 0 Å². The monoisotopic (exact) mass is 259 g/mol. The molecule has 2 rings (SSSR count). The maximum Gasteiger partial charge on any atom is 0.195 e. The van der Waals surface area contributed by atoms with Crippen molar-refractivity contribution < 1.29 is 22.0 Å². The molecular formula is C10H2F5N3. The summed E-state index contributed by atoms with van der Waals surface area (Å²) in [6.45, 7) is 0. The van der Waals surface area contributed by atoms with Gasteiger partial charge in [0.05, 0.1) is 11.1 Å². The number of benzene rings is 2. The molecule has 0 heterocycles. The van der Waals surface area contributed by atoms with Gasteiger partial charge in [-0.05, 0) is 11.6 Å². The van der Waals surface area contributed by atoms with E-state index in [9.17, 15) is 22.0 Å². The molecule has 0 N–H and O–H groups in total. The highest BCUT2D eigenvalue weighted by Gasteiger charge is 2.23. The van der Waals surface area contributed by atoms with Crippen LogP contribution in [0.1, 0.15) is 0 Å². The maximum atomic E-state index is 13.4. The number of fused-ring (bicyclic) bond motifs is 1. The van der Waals surface area contributed by atoms with Crippen molar-refractivity contribution in [3.8, 4) is 0 Å². The highest BCUT2D eigenvalue weighted by Crippen LogP contribution is 2.35. The Morgan fingerprint density at radius 3 is 2.17 bits per heavy atom. The van der Waals surface area contributed by atoms with Crippen LogP contribution in [0.2, 0.25) is 0 Å². The molecule has 2 aromatic carbocycles. The zero-order chi connectivity index (χ0) is 13.4. The largest absolute Gasteiger partial charge is 0.204 e. The van der Waals surface area contributed by atoms with Gasteiger partial charge in [-0.3, -0.25) is 0 Å². The van der Waals surface area contributed by atoms with Gasteiger partial charge in [0.25, 0.3) is 0 Å².